The molecule has 1 heterocycles. The van der Waals surface area contributed by atoms with Gasteiger partial charge in [-0.25, -0.2) is 0 Å². The van der Waals surface area contributed by atoms with Gasteiger partial charge in [0.05, 0.1) is 0 Å². The van der Waals surface area contributed by atoms with Gasteiger partial charge < -0.3 is 25.2 Å². The van der Waals surface area contributed by atoms with Crippen molar-refractivity contribution in [1.82, 2.24) is 0 Å². The van der Waals surface area contributed by atoms with Crippen molar-refractivity contribution in [3.05, 3.63) is 41.5 Å². The van der Waals surface area contributed by atoms with E-state index in [1.165, 1.54) is 24.3 Å². The van der Waals surface area contributed by atoms with E-state index in [1.807, 2.05) is 0 Å². The number of phenols is 4. The van der Waals surface area contributed by atoms with Gasteiger partial charge in [0.2, 0.25) is 0 Å². The van der Waals surface area contributed by atoms with Crippen LogP contribution >= 0.6 is 0 Å². The highest BCUT2D eigenvalue weighted by atomic mass is 16.5. The van der Waals surface area contributed by atoms with Crippen LogP contribution in [0.25, 0.3) is 0 Å². The Labute approximate surface area is 115 Å². The molecule has 104 valence electrons. The Morgan fingerprint density at radius 2 is 1.70 bits per heavy atom. The van der Waals surface area contributed by atoms with Crippen LogP contribution in [0.15, 0.2) is 30.3 Å². The third-order valence-corrected chi connectivity index (χ3v) is 3.47. The summed E-state index contributed by atoms with van der Waals surface area (Å²) >= 11 is 0. The summed E-state index contributed by atoms with van der Waals surface area (Å²) in [5, 5.41) is 38.1. The molecule has 5 nitrogen and oxygen atoms in total. The van der Waals surface area contributed by atoms with E-state index in [0.717, 1.165) is 5.56 Å². The molecule has 0 radical (unpaired) electrons. The molecule has 2 aromatic rings. The molecule has 0 unspecified atom stereocenters. The maximum absolute atomic E-state index is 9.76. The number of benzene rings is 2. The van der Waals surface area contributed by atoms with Crippen LogP contribution in [0.1, 0.15) is 23.7 Å². The minimum absolute atomic E-state index is 0.0204. The quantitative estimate of drug-likeness (QED) is 0.600. The molecule has 0 bridgehead atoms. The zero-order valence-electron chi connectivity index (χ0n) is 10.6. The van der Waals surface area contributed by atoms with Crippen molar-refractivity contribution in [2.75, 3.05) is 0 Å². The Morgan fingerprint density at radius 3 is 2.45 bits per heavy atom. The Balaban J connectivity index is 1.93. The lowest BCUT2D eigenvalue weighted by Gasteiger charge is -2.27. The first kappa shape index (κ1) is 12.5. The van der Waals surface area contributed by atoms with Crippen molar-refractivity contribution in [2.45, 2.75) is 18.9 Å². The molecule has 0 aliphatic carbocycles. The van der Waals surface area contributed by atoms with Crippen molar-refractivity contribution in [1.29, 1.82) is 0 Å². The third kappa shape index (κ3) is 2.07. The summed E-state index contributed by atoms with van der Waals surface area (Å²) in [6.07, 6.45) is 0.943. The van der Waals surface area contributed by atoms with E-state index < -0.39 is 0 Å². The molecule has 2 aromatic carbocycles. The molecular formula is C15H14O5. The summed E-state index contributed by atoms with van der Waals surface area (Å²) in [6.45, 7) is 0. The fourth-order valence-electron chi connectivity index (χ4n) is 2.44. The number of hydrogen-bond acceptors (Lipinski definition) is 5. The van der Waals surface area contributed by atoms with Gasteiger partial charge in [0.1, 0.15) is 23.4 Å². The van der Waals surface area contributed by atoms with Crippen molar-refractivity contribution in [3.8, 4) is 28.7 Å². The topological polar surface area (TPSA) is 90.2 Å². The Kier molecular flexibility index (Phi) is 2.82. The summed E-state index contributed by atoms with van der Waals surface area (Å²) in [6, 6.07) is 7.28. The highest BCUT2D eigenvalue weighted by Gasteiger charge is 2.24. The maximum Gasteiger partial charge on any atom is 0.157 e. The molecule has 0 spiro atoms. The molecule has 0 amide bonds. The van der Waals surface area contributed by atoms with Gasteiger partial charge in [-0.2, -0.15) is 0 Å². The van der Waals surface area contributed by atoms with Gasteiger partial charge >= 0.3 is 0 Å². The second-order valence-corrected chi connectivity index (χ2v) is 4.83. The predicted octanol–water partition coefficient (Wildman–Crippen LogP) is 2.58. The Hall–Kier alpha value is -2.56. The van der Waals surface area contributed by atoms with Gasteiger partial charge in [-0.3, -0.25) is 0 Å². The van der Waals surface area contributed by atoms with E-state index in [2.05, 4.69) is 0 Å². The van der Waals surface area contributed by atoms with E-state index in [4.69, 9.17) is 4.74 Å². The van der Waals surface area contributed by atoms with E-state index in [-0.39, 0.29) is 29.1 Å². The number of fused-ring (bicyclic) bond motifs is 1. The second-order valence-electron chi connectivity index (χ2n) is 4.83. The predicted molar refractivity (Wildman–Crippen MR) is 71.2 cm³/mol. The fourth-order valence-corrected chi connectivity index (χ4v) is 2.44. The van der Waals surface area contributed by atoms with Crippen LogP contribution in [0, 0.1) is 0 Å². The van der Waals surface area contributed by atoms with Gasteiger partial charge in [0, 0.05) is 17.7 Å². The molecule has 20 heavy (non-hydrogen) atoms. The van der Waals surface area contributed by atoms with E-state index >= 15 is 0 Å². The average molecular weight is 274 g/mol. The van der Waals surface area contributed by atoms with Crippen molar-refractivity contribution >= 4 is 0 Å². The molecule has 0 aromatic heterocycles. The minimum atomic E-state index is -0.296. The normalized spacial score (nSPS) is 17.3. The van der Waals surface area contributed by atoms with E-state index in [0.29, 0.717) is 24.2 Å². The van der Waals surface area contributed by atoms with Crippen molar-refractivity contribution < 1.29 is 25.2 Å². The summed E-state index contributed by atoms with van der Waals surface area (Å²) in [4.78, 5) is 0. The molecular weight excluding hydrogens is 260 g/mol. The van der Waals surface area contributed by atoms with Crippen LogP contribution in [-0.2, 0) is 6.42 Å². The first-order valence-corrected chi connectivity index (χ1v) is 6.28. The van der Waals surface area contributed by atoms with Gasteiger partial charge in [-0.05, 0) is 30.5 Å². The molecule has 4 N–H and O–H groups in total. The standard InChI is InChI=1S/C15H14O5/c16-9-6-12(18)10-2-4-14(20-15(10)7-9)8-1-3-11(17)13(19)5-8/h1,3,5-7,14,16-19H,2,4H2/t14-/m1/s1. The first-order valence-electron chi connectivity index (χ1n) is 6.28. The highest BCUT2D eigenvalue weighted by Crippen LogP contribution is 2.42. The van der Waals surface area contributed by atoms with Gasteiger partial charge in [-0.1, -0.05) is 6.07 Å². The van der Waals surface area contributed by atoms with Gasteiger partial charge in [0.25, 0.3) is 0 Å². The van der Waals surface area contributed by atoms with Crippen molar-refractivity contribution in [2.24, 2.45) is 0 Å². The van der Waals surface area contributed by atoms with Crippen LogP contribution in [-0.4, -0.2) is 20.4 Å². The SMILES string of the molecule is Oc1cc(O)c2c(c1)O[C@@H](c1ccc(O)c(O)c1)CC2. The molecule has 0 saturated carbocycles. The monoisotopic (exact) mass is 274 g/mol. The highest BCUT2D eigenvalue weighted by molar-refractivity contribution is 5.51. The largest absolute Gasteiger partial charge is 0.508 e. The maximum atomic E-state index is 9.76. The summed E-state index contributed by atoms with van der Waals surface area (Å²) in [5.74, 6) is 0.0182. The molecule has 1 aliphatic rings. The molecule has 0 fully saturated rings. The molecule has 0 saturated heterocycles. The van der Waals surface area contributed by atoms with E-state index in [1.54, 1.807) is 6.07 Å². The number of phenolic OH excluding ortho intramolecular Hbond substituents is 4. The molecule has 1 atom stereocenters. The lowest BCUT2D eigenvalue weighted by molar-refractivity contribution is 0.173. The fraction of sp³-hybridized carbons (Fsp3) is 0.200. The van der Waals surface area contributed by atoms with Crippen LogP contribution < -0.4 is 4.74 Å². The van der Waals surface area contributed by atoms with Crippen LogP contribution in [0.2, 0.25) is 0 Å². The Morgan fingerprint density at radius 1 is 0.900 bits per heavy atom. The van der Waals surface area contributed by atoms with Crippen LogP contribution in [0.5, 0.6) is 28.7 Å². The third-order valence-electron chi connectivity index (χ3n) is 3.47. The Bertz CT molecular complexity index is 666. The number of ether oxygens (including phenoxy) is 1. The number of hydrogen-bond donors (Lipinski definition) is 4. The van der Waals surface area contributed by atoms with Crippen molar-refractivity contribution in [3.63, 3.8) is 0 Å². The molecule has 5 heteroatoms. The lowest BCUT2D eigenvalue weighted by atomic mass is 9.96. The lowest BCUT2D eigenvalue weighted by Crippen LogP contribution is -2.15. The summed E-state index contributed by atoms with van der Waals surface area (Å²) < 4.78 is 5.76. The molecule has 3 rings (SSSR count). The smallest absolute Gasteiger partial charge is 0.157 e. The number of rotatable bonds is 1. The van der Waals surface area contributed by atoms with Crippen LogP contribution in [0.4, 0.5) is 0 Å². The average Bonchev–Trinajstić information content (AvgIpc) is 2.41. The summed E-state index contributed by atoms with van der Waals surface area (Å²) in [7, 11) is 0. The number of aromatic hydroxyl groups is 4. The second kappa shape index (κ2) is 4.52. The van der Waals surface area contributed by atoms with Crippen LogP contribution in [0.3, 0.4) is 0 Å². The zero-order valence-corrected chi connectivity index (χ0v) is 10.6. The summed E-state index contributed by atoms with van der Waals surface area (Å²) in [5.41, 5.74) is 1.40. The van der Waals surface area contributed by atoms with Gasteiger partial charge in [-0.15, -0.1) is 0 Å². The van der Waals surface area contributed by atoms with E-state index in [9.17, 15) is 20.4 Å². The minimum Gasteiger partial charge on any atom is -0.508 e. The molecule has 1 aliphatic heterocycles. The van der Waals surface area contributed by atoms with Gasteiger partial charge in [0.15, 0.2) is 11.5 Å². The first-order chi connectivity index (χ1) is 9.54. The zero-order chi connectivity index (χ0) is 14.3.